The SMILES string of the molecule is CN1CCN(CC2(C)CCc3ccccc3C2)CC1.Cl.Cl. The molecule has 1 aliphatic carbocycles. The van der Waals surface area contributed by atoms with E-state index in [1.54, 1.807) is 11.1 Å². The summed E-state index contributed by atoms with van der Waals surface area (Å²) in [4.78, 5) is 5.11. The number of likely N-dealkylation sites (N-methyl/N-ethyl adjacent to an activating group) is 1. The van der Waals surface area contributed by atoms with Crippen molar-refractivity contribution in [1.82, 2.24) is 9.80 Å². The van der Waals surface area contributed by atoms with E-state index in [0.717, 1.165) is 0 Å². The van der Waals surface area contributed by atoms with Gasteiger partial charge in [-0.2, -0.15) is 0 Å². The maximum absolute atomic E-state index is 2.67. The highest BCUT2D eigenvalue weighted by Gasteiger charge is 2.32. The van der Waals surface area contributed by atoms with Crippen LogP contribution >= 0.6 is 24.8 Å². The molecule has 3 rings (SSSR count). The highest BCUT2D eigenvalue weighted by Crippen LogP contribution is 2.36. The smallest absolute Gasteiger partial charge is 0.0110 e. The summed E-state index contributed by atoms with van der Waals surface area (Å²) in [5.41, 5.74) is 3.65. The standard InChI is InChI=1S/C17H26N2.2ClH/c1-17(14-19-11-9-18(2)10-12-19)8-7-15-5-3-4-6-16(15)13-17;;/h3-6H,7-14H2,1-2H3;2*1H. The van der Waals surface area contributed by atoms with Crippen molar-refractivity contribution in [1.29, 1.82) is 0 Å². The third-order valence-electron chi connectivity index (χ3n) is 4.93. The third-order valence-corrected chi connectivity index (χ3v) is 4.93. The highest BCUT2D eigenvalue weighted by atomic mass is 35.5. The molecule has 1 aromatic rings. The van der Waals surface area contributed by atoms with Crippen LogP contribution in [-0.2, 0) is 12.8 Å². The average molecular weight is 331 g/mol. The van der Waals surface area contributed by atoms with Gasteiger partial charge in [0.05, 0.1) is 0 Å². The Kier molecular flexibility index (Phi) is 6.99. The van der Waals surface area contributed by atoms with Crippen molar-refractivity contribution in [3.8, 4) is 0 Å². The van der Waals surface area contributed by atoms with E-state index in [2.05, 4.69) is 48.0 Å². The molecule has 0 spiro atoms. The second kappa shape index (κ2) is 7.82. The molecular weight excluding hydrogens is 303 g/mol. The lowest BCUT2D eigenvalue weighted by molar-refractivity contribution is 0.0954. The molecule has 120 valence electrons. The minimum absolute atomic E-state index is 0. The predicted octanol–water partition coefficient (Wildman–Crippen LogP) is 3.27. The molecule has 1 heterocycles. The largest absolute Gasteiger partial charge is 0.304 e. The topological polar surface area (TPSA) is 6.48 Å². The van der Waals surface area contributed by atoms with Crippen LogP contribution in [0.3, 0.4) is 0 Å². The zero-order valence-electron chi connectivity index (χ0n) is 13.2. The molecule has 2 aliphatic rings. The van der Waals surface area contributed by atoms with Crippen LogP contribution in [0.2, 0.25) is 0 Å². The first-order valence-corrected chi connectivity index (χ1v) is 7.62. The second-order valence-corrected chi connectivity index (χ2v) is 6.84. The molecule has 1 saturated heterocycles. The van der Waals surface area contributed by atoms with Crippen molar-refractivity contribution in [2.24, 2.45) is 5.41 Å². The average Bonchev–Trinajstić information content (AvgIpc) is 2.41. The normalized spacial score (nSPS) is 26.4. The Balaban J connectivity index is 0.00000110. The van der Waals surface area contributed by atoms with Crippen molar-refractivity contribution < 1.29 is 0 Å². The van der Waals surface area contributed by atoms with Gasteiger partial charge in [0.15, 0.2) is 0 Å². The van der Waals surface area contributed by atoms with Crippen LogP contribution in [0.15, 0.2) is 24.3 Å². The van der Waals surface area contributed by atoms with E-state index in [4.69, 9.17) is 0 Å². The number of hydrogen-bond acceptors (Lipinski definition) is 2. The number of rotatable bonds is 2. The molecule has 0 bridgehead atoms. The Morgan fingerprint density at radius 3 is 2.29 bits per heavy atom. The summed E-state index contributed by atoms with van der Waals surface area (Å²) in [7, 11) is 2.23. The maximum atomic E-state index is 2.67. The van der Waals surface area contributed by atoms with Gasteiger partial charge in [0.1, 0.15) is 0 Å². The van der Waals surface area contributed by atoms with E-state index in [1.165, 1.54) is 52.0 Å². The molecule has 2 nitrogen and oxygen atoms in total. The summed E-state index contributed by atoms with van der Waals surface area (Å²) < 4.78 is 0. The summed E-state index contributed by atoms with van der Waals surface area (Å²) in [5, 5.41) is 0. The Morgan fingerprint density at radius 1 is 1.00 bits per heavy atom. The summed E-state index contributed by atoms with van der Waals surface area (Å²) in [6.07, 6.45) is 3.87. The molecule has 1 aromatic carbocycles. The van der Waals surface area contributed by atoms with Gasteiger partial charge < -0.3 is 9.80 Å². The molecule has 1 atom stereocenters. The van der Waals surface area contributed by atoms with Gasteiger partial charge >= 0.3 is 0 Å². The fourth-order valence-electron chi connectivity index (χ4n) is 3.64. The number of halogens is 2. The van der Waals surface area contributed by atoms with Gasteiger partial charge in [-0.25, -0.2) is 0 Å². The van der Waals surface area contributed by atoms with Gasteiger partial charge in [-0.15, -0.1) is 24.8 Å². The van der Waals surface area contributed by atoms with Crippen molar-refractivity contribution in [2.75, 3.05) is 39.8 Å². The first-order chi connectivity index (χ1) is 9.15. The summed E-state index contributed by atoms with van der Waals surface area (Å²) in [5.74, 6) is 0. The molecule has 4 heteroatoms. The maximum Gasteiger partial charge on any atom is 0.0110 e. The summed E-state index contributed by atoms with van der Waals surface area (Å²) >= 11 is 0. The zero-order valence-corrected chi connectivity index (χ0v) is 14.8. The monoisotopic (exact) mass is 330 g/mol. The summed E-state index contributed by atoms with van der Waals surface area (Å²) in [6, 6.07) is 9.02. The lowest BCUT2D eigenvalue weighted by Crippen LogP contribution is -2.49. The minimum atomic E-state index is 0. The number of nitrogens with zero attached hydrogens (tertiary/aromatic N) is 2. The van der Waals surface area contributed by atoms with Gasteiger partial charge in [-0.3, -0.25) is 0 Å². The Labute approximate surface area is 141 Å². The number of fused-ring (bicyclic) bond motifs is 1. The molecule has 0 saturated carbocycles. The van der Waals surface area contributed by atoms with Gasteiger partial charge in [0.25, 0.3) is 0 Å². The fraction of sp³-hybridized carbons (Fsp3) is 0.647. The van der Waals surface area contributed by atoms with Crippen molar-refractivity contribution in [3.05, 3.63) is 35.4 Å². The fourth-order valence-corrected chi connectivity index (χ4v) is 3.64. The molecule has 21 heavy (non-hydrogen) atoms. The van der Waals surface area contributed by atoms with E-state index in [1.807, 2.05) is 0 Å². The van der Waals surface area contributed by atoms with E-state index >= 15 is 0 Å². The molecule has 0 aromatic heterocycles. The van der Waals surface area contributed by atoms with Crippen molar-refractivity contribution in [2.45, 2.75) is 26.2 Å². The number of hydrogen-bond donors (Lipinski definition) is 0. The van der Waals surface area contributed by atoms with Gasteiger partial charge in [-0.05, 0) is 42.9 Å². The van der Waals surface area contributed by atoms with Crippen LogP contribution in [0, 0.1) is 5.41 Å². The molecule has 0 radical (unpaired) electrons. The Bertz CT molecular complexity index is 444. The number of piperazine rings is 1. The second-order valence-electron chi connectivity index (χ2n) is 6.84. The van der Waals surface area contributed by atoms with Gasteiger partial charge in [0.2, 0.25) is 0 Å². The van der Waals surface area contributed by atoms with Crippen LogP contribution in [0.4, 0.5) is 0 Å². The van der Waals surface area contributed by atoms with Crippen LogP contribution in [0.25, 0.3) is 0 Å². The van der Waals surface area contributed by atoms with E-state index < -0.39 is 0 Å². The van der Waals surface area contributed by atoms with Crippen LogP contribution in [-0.4, -0.2) is 49.6 Å². The third kappa shape index (κ3) is 4.59. The van der Waals surface area contributed by atoms with Gasteiger partial charge in [-0.1, -0.05) is 31.2 Å². The predicted molar refractivity (Wildman–Crippen MR) is 95.0 cm³/mol. The lowest BCUT2D eigenvalue weighted by Gasteiger charge is -2.41. The van der Waals surface area contributed by atoms with E-state index in [9.17, 15) is 0 Å². The highest BCUT2D eigenvalue weighted by molar-refractivity contribution is 5.85. The number of aryl methyl sites for hydroxylation is 1. The molecule has 0 N–H and O–H groups in total. The zero-order chi connectivity index (χ0) is 13.3. The van der Waals surface area contributed by atoms with E-state index in [-0.39, 0.29) is 24.8 Å². The van der Waals surface area contributed by atoms with Crippen LogP contribution in [0.1, 0.15) is 24.5 Å². The van der Waals surface area contributed by atoms with E-state index in [0.29, 0.717) is 5.41 Å². The lowest BCUT2D eigenvalue weighted by atomic mass is 9.72. The minimum Gasteiger partial charge on any atom is -0.304 e. The molecular formula is C17H28Cl2N2. The van der Waals surface area contributed by atoms with Crippen molar-refractivity contribution >= 4 is 24.8 Å². The molecule has 1 aliphatic heterocycles. The Morgan fingerprint density at radius 2 is 1.62 bits per heavy atom. The Hall–Kier alpha value is -0.280. The first-order valence-electron chi connectivity index (χ1n) is 7.62. The number of benzene rings is 1. The quantitative estimate of drug-likeness (QED) is 0.821. The molecule has 1 unspecified atom stereocenters. The van der Waals surface area contributed by atoms with Crippen LogP contribution in [0.5, 0.6) is 0 Å². The van der Waals surface area contributed by atoms with Crippen LogP contribution < -0.4 is 0 Å². The first kappa shape index (κ1) is 18.8. The van der Waals surface area contributed by atoms with Gasteiger partial charge in [0, 0.05) is 32.7 Å². The molecule has 1 fully saturated rings. The molecule has 0 amide bonds. The van der Waals surface area contributed by atoms with Crippen molar-refractivity contribution in [3.63, 3.8) is 0 Å². The summed E-state index contributed by atoms with van der Waals surface area (Å²) in [6.45, 7) is 8.71.